The second-order valence-corrected chi connectivity index (χ2v) is 8.09. The number of amides is 2. The number of furan rings is 1. The number of carbonyl (C=O) groups is 2. The fraction of sp³-hybridized carbons (Fsp3) is 0.400. The summed E-state index contributed by atoms with van der Waals surface area (Å²) >= 11 is 1.63. The average Bonchev–Trinajstić information content (AvgIpc) is 3.12. The molecule has 0 bridgehead atoms. The van der Waals surface area contributed by atoms with Crippen LogP contribution in [0.4, 0.5) is 5.69 Å². The molecule has 0 saturated heterocycles. The van der Waals surface area contributed by atoms with E-state index in [1.165, 1.54) is 11.8 Å². The van der Waals surface area contributed by atoms with E-state index in [1.807, 2.05) is 30.5 Å². The Morgan fingerprint density at radius 3 is 2.38 bits per heavy atom. The molecule has 0 aliphatic heterocycles. The molecule has 2 N–H and O–H groups in total. The molecule has 1 heterocycles. The molecule has 0 fully saturated rings. The first kappa shape index (κ1) is 20.1. The van der Waals surface area contributed by atoms with E-state index < -0.39 is 6.04 Å². The molecule has 2 rings (SSSR count). The minimum atomic E-state index is -0.623. The molecule has 5 nitrogen and oxygen atoms in total. The molecule has 26 heavy (non-hydrogen) atoms. The minimum absolute atomic E-state index is 0.0560. The maximum absolute atomic E-state index is 12.6. The van der Waals surface area contributed by atoms with Gasteiger partial charge >= 0.3 is 0 Å². The molecule has 0 radical (unpaired) electrons. The van der Waals surface area contributed by atoms with E-state index in [-0.39, 0.29) is 23.0 Å². The summed E-state index contributed by atoms with van der Waals surface area (Å²) in [6, 6.07) is 10.4. The van der Waals surface area contributed by atoms with Crippen LogP contribution in [-0.2, 0) is 10.2 Å². The van der Waals surface area contributed by atoms with Crippen LogP contribution < -0.4 is 10.6 Å². The lowest BCUT2D eigenvalue weighted by Crippen LogP contribution is -2.44. The van der Waals surface area contributed by atoms with Gasteiger partial charge in [0.15, 0.2) is 5.76 Å². The molecule has 1 unspecified atom stereocenters. The van der Waals surface area contributed by atoms with Crippen LogP contribution in [0.15, 0.2) is 47.1 Å². The van der Waals surface area contributed by atoms with Crippen LogP contribution in [0.25, 0.3) is 0 Å². The minimum Gasteiger partial charge on any atom is -0.459 e. The summed E-state index contributed by atoms with van der Waals surface area (Å²) in [7, 11) is 0. The zero-order chi connectivity index (χ0) is 19.2. The highest BCUT2D eigenvalue weighted by Crippen LogP contribution is 2.23. The molecular weight excluding hydrogens is 348 g/mol. The highest BCUT2D eigenvalue weighted by Gasteiger charge is 2.22. The van der Waals surface area contributed by atoms with Crippen molar-refractivity contribution in [2.75, 3.05) is 17.3 Å². The van der Waals surface area contributed by atoms with E-state index in [0.717, 1.165) is 5.75 Å². The first-order valence-electron chi connectivity index (χ1n) is 8.56. The highest BCUT2D eigenvalue weighted by molar-refractivity contribution is 7.98. The number of hydrogen-bond donors (Lipinski definition) is 2. The number of thioether (sulfide) groups is 1. The third-order valence-electron chi connectivity index (χ3n) is 4.00. The predicted octanol–water partition coefficient (Wildman–Crippen LogP) is 4.07. The Hall–Kier alpha value is -2.21. The average molecular weight is 375 g/mol. The molecule has 0 aliphatic rings. The Morgan fingerprint density at radius 1 is 1.15 bits per heavy atom. The lowest BCUT2D eigenvalue weighted by atomic mass is 9.87. The molecule has 2 aromatic rings. The molecule has 140 valence electrons. The van der Waals surface area contributed by atoms with Gasteiger partial charge in [0.05, 0.1) is 6.26 Å². The van der Waals surface area contributed by atoms with E-state index in [4.69, 9.17) is 4.42 Å². The first-order chi connectivity index (χ1) is 12.3. The largest absolute Gasteiger partial charge is 0.459 e. The Labute approximate surface area is 158 Å². The maximum atomic E-state index is 12.6. The third-order valence-corrected chi connectivity index (χ3v) is 4.64. The number of nitrogens with one attached hydrogen (secondary N) is 2. The number of rotatable bonds is 7. The lowest BCUT2D eigenvalue weighted by Gasteiger charge is -2.20. The molecular formula is C20H26N2O3S. The number of carbonyl (C=O) groups excluding carboxylic acids is 2. The maximum Gasteiger partial charge on any atom is 0.287 e. The summed E-state index contributed by atoms with van der Waals surface area (Å²) in [5.74, 6) is 0.336. The number of hydrogen-bond acceptors (Lipinski definition) is 4. The lowest BCUT2D eigenvalue weighted by molar-refractivity contribution is -0.118. The molecule has 1 aromatic heterocycles. The molecule has 1 atom stereocenters. The van der Waals surface area contributed by atoms with Gasteiger partial charge in [-0.2, -0.15) is 11.8 Å². The number of anilines is 1. The van der Waals surface area contributed by atoms with E-state index in [9.17, 15) is 9.59 Å². The van der Waals surface area contributed by atoms with Crippen molar-refractivity contribution < 1.29 is 14.0 Å². The fourth-order valence-electron chi connectivity index (χ4n) is 2.42. The molecule has 0 aliphatic carbocycles. The molecule has 1 aromatic carbocycles. The summed E-state index contributed by atoms with van der Waals surface area (Å²) in [4.78, 5) is 24.8. The Morgan fingerprint density at radius 2 is 1.85 bits per heavy atom. The van der Waals surface area contributed by atoms with Gasteiger partial charge in [0.25, 0.3) is 5.91 Å². The van der Waals surface area contributed by atoms with Crippen molar-refractivity contribution in [3.05, 3.63) is 54.0 Å². The smallest absolute Gasteiger partial charge is 0.287 e. The van der Waals surface area contributed by atoms with Gasteiger partial charge in [-0.3, -0.25) is 9.59 Å². The normalized spacial score (nSPS) is 12.5. The molecule has 0 spiro atoms. The van der Waals surface area contributed by atoms with Crippen LogP contribution in [0, 0.1) is 0 Å². The van der Waals surface area contributed by atoms with Crippen LogP contribution in [0.2, 0.25) is 0 Å². The van der Waals surface area contributed by atoms with E-state index in [1.54, 1.807) is 23.9 Å². The van der Waals surface area contributed by atoms with Crippen molar-refractivity contribution in [2.24, 2.45) is 0 Å². The van der Waals surface area contributed by atoms with Gasteiger partial charge in [-0.25, -0.2) is 0 Å². The van der Waals surface area contributed by atoms with Crippen molar-refractivity contribution in [1.29, 1.82) is 0 Å². The van der Waals surface area contributed by atoms with E-state index in [2.05, 4.69) is 31.4 Å². The Kier molecular flexibility index (Phi) is 6.91. The molecule has 6 heteroatoms. The van der Waals surface area contributed by atoms with Gasteiger partial charge in [-0.05, 0) is 53.7 Å². The van der Waals surface area contributed by atoms with E-state index in [0.29, 0.717) is 12.1 Å². The summed E-state index contributed by atoms with van der Waals surface area (Å²) < 4.78 is 5.09. The summed E-state index contributed by atoms with van der Waals surface area (Å²) in [6.07, 6.45) is 3.94. The third kappa shape index (κ3) is 5.66. The Balaban J connectivity index is 2.04. The summed E-state index contributed by atoms with van der Waals surface area (Å²) in [5.41, 5.74) is 1.96. The van der Waals surface area contributed by atoms with E-state index >= 15 is 0 Å². The SMILES string of the molecule is CSCCC(NC(=O)c1ccco1)C(=O)Nc1ccc(C(C)(C)C)cc1. The standard InChI is InChI=1S/C20H26N2O3S/c1-20(2,3)14-7-9-15(10-8-14)21-18(23)16(11-13-26-4)22-19(24)17-6-5-12-25-17/h5-10,12,16H,11,13H2,1-4H3,(H,21,23)(H,22,24). The van der Waals surface area contributed by atoms with Gasteiger partial charge < -0.3 is 15.1 Å². The first-order valence-corrected chi connectivity index (χ1v) is 9.95. The second kappa shape index (κ2) is 8.94. The summed E-state index contributed by atoms with van der Waals surface area (Å²) in [5, 5.41) is 5.64. The van der Waals surface area contributed by atoms with Crippen molar-refractivity contribution in [1.82, 2.24) is 5.32 Å². The van der Waals surface area contributed by atoms with Crippen LogP contribution in [0.3, 0.4) is 0 Å². The van der Waals surface area contributed by atoms with Crippen molar-refractivity contribution >= 4 is 29.3 Å². The number of benzene rings is 1. The quantitative estimate of drug-likeness (QED) is 0.766. The van der Waals surface area contributed by atoms with Gasteiger partial charge in [0.1, 0.15) is 6.04 Å². The molecule has 0 saturated carbocycles. The van der Waals surface area contributed by atoms with Crippen molar-refractivity contribution in [2.45, 2.75) is 38.6 Å². The van der Waals surface area contributed by atoms with Gasteiger partial charge in [0.2, 0.25) is 5.91 Å². The van der Waals surface area contributed by atoms with Gasteiger partial charge in [-0.15, -0.1) is 0 Å². The van der Waals surface area contributed by atoms with Crippen molar-refractivity contribution in [3.63, 3.8) is 0 Å². The zero-order valence-electron chi connectivity index (χ0n) is 15.7. The monoisotopic (exact) mass is 374 g/mol. The van der Waals surface area contributed by atoms with Crippen molar-refractivity contribution in [3.8, 4) is 0 Å². The van der Waals surface area contributed by atoms with Crippen LogP contribution in [-0.4, -0.2) is 29.9 Å². The van der Waals surface area contributed by atoms with Gasteiger partial charge in [0, 0.05) is 5.69 Å². The van der Waals surface area contributed by atoms with Gasteiger partial charge in [-0.1, -0.05) is 32.9 Å². The van der Waals surface area contributed by atoms with Crippen LogP contribution in [0.5, 0.6) is 0 Å². The van der Waals surface area contributed by atoms with Crippen LogP contribution in [0.1, 0.15) is 43.3 Å². The second-order valence-electron chi connectivity index (χ2n) is 7.10. The zero-order valence-corrected chi connectivity index (χ0v) is 16.5. The Bertz CT molecular complexity index is 719. The van der Waals surface area contributed by atoms with Crippen LogP contribution >= 0.6 is 11.8 Å². The highest BCUT2D eigenvalue weighted by atomic mass is 32.2. The fourth-order valence-corrected chi connectivity index (χ4v) is 2.90. The predicted molar refractivity (Wildman–Crippen MR) is 107 cm³/mol. The summed E-state index contributed by atoms with van der Waals surface area (Å²) in [6.45, 7) is 6.43. The topological polar surface area (TPSA) is 71.3 Å². The molecule has 2 amide bonds.